The van der Waals surface area contributed by atoms with Gasteiger partial charge in [0.2, 0.25) is 5.95 Å². The Balaban J connectivity index is 2.26. The lowest BCUT2D eigenvalue weighted by atomic mass is 10.1. The van der Waals surface area contributed by atoms with Crippen molar-refractivity contribution in [1.29, 1.82) is 0 Å². The quantitative estimate of drug-likeness (QED) is 0.309. The minimum Gasteiger partial charge on any atom is -0.480 e. The highest BCUT2D eigenvalue weighted by atomic mass is 32.2. The third-order valence-electron chi connectivity index (χ3n) is 4.06. The van der Waals surface area contributed by atoms with Crippen LogP contribution in [0.25, 0.3) is 0 Å². The molecule has 150 valence electrons. The van der Waals surface area contributed by atoms with Gasteiger partial charge in [-0.3, -0.25) is 0 Å². The summed E-state index contributed by atoms with van der Waals surface area (Å²) >= 11 is 1.61. The molecule has 0 aromatic carbocycles. The van der Waals surface area contributed by atoms with Crippen LogP contribution in [0.15, 0.2) is 47.3 Å². The van der Waals surface area contributed by atoms with Crippen molar-refractivity contribution in [3.8, 4) is 0 Å². The Labute approximate surface area is 167 Å². The number of anilines is 1. The van der Waals surface area contributed by atoms with Crippen LogP contribution in [0.1, 0.15) is 53.4 Å². The second kappa shape index (κ2) is 13.3. The van der Waals surface area contributed by atoms with E-state index in [9.17, 15) is 9.90 Å². The first-order valence-corrected chi connectivity index (χ1v) is 10.5. The van der Waals surface area contributed by atoms with Crippen LogP contribution in [0, 0.1) is 0 Å². The molecule has 0 fully saturated rings. The first-order chi connectivity index (χ1) is 12.9. The molecule has 0 spiro atoms. The number of carbonyl (C=O) groups is 1. The number of carboxylic acids is 1. The number of hydrogen-bond donors (Lipinski definition) is 3. The van der Waals surface area contributed by atoms with Gasteiger partial charge in [0.15, 0.2) is 0 Å². The maximum Gasteiger partial charge on any atom is 0.327 e. The van der Waals surface area contributed by atoms with Gasteiger partial charge in [0.1, 0.15) is 6.04 Å². The topological polar surface area (TPSA) is 78.0 Å². The second-order valence-corrected chi connectivity index (χ2v) is 8.05. The highest BCUT2D eigenvalue weighted by Gasteiger charge is 2.17. The predicted molar refractivity (Wildman–Crippen MR) is 116 cm³/mol. The predicted octanol–water partition coefficient (Wildman–Crippen LogP) is 5.43. The van der Waals surface area contributed by atoms with E-state index in [2.05, 4.69) is 61.2 Å². The molecule has 0 aliphatic carbocycles. The van der Waals surface area contributed by atoms with Gasteiger partial charge in [-0.2, -0.15) is 11.8 Å². The highest BCUT2D eigenvalue weighted by Crippen LogP contribution is 2.13. The highest BCUT2D eigenvalue weighted by molar-refractivity contribution is 7.99. The number of aromatic amines is 1. The number of nitrogens with one attached hydrogen (secondary N) is 2. The Bertz CT molecular complexity index is 644. The fourth-order valence-corrected chi connectivity index (χ4v) is 3.41. The number of aliphatic carboxylic acids is 1. The van der Waals surface area contributed by atoms with Crippen molar-refractivity contribution in [2.24, 2.45) is 0 Å². The van der Waals surface area contributed by atoms with E-state index < -0.39 is 12.0 Å². The Kier molecular flexibility index (Phi) is 11.3. The molecule has 1 unspecified atom stereocenters. The summed E-state index contributed by atoms with van der Waals surface area (Å²) in [5, 5.41) is 12.2. The summed E-state index contributed by atoms with van der Waals surface area (Å²) in [5.41, 5.74) is 4.17. The number of H-pyrrole nitrogens is 1. The number of carboxylic acid groups (broad SMARTS) is 1. The number of hydrogen-bond acceptors (Lipinski definition) is 4. The van der Waals surface area contributed by atoms with Crippen molar-refractivity contribution in [1.82, 2.24) is 9.97 Å². The molecule has 3 N–H and O–H groups in total. The molecular weight excluding hydrogens is 358 g/mol. The monoisotopic (exact) mass is 391 g/mol. The van der Waals surface area contributed by atoms with E-state index in [1.165, 1.54) is 16.7 Å². The average Bonchev–Trinajstić information content (AvgIpc) is 3.10. The van der Waals surface area contributed by atoms with Crippen LogP contribution in [0.5, 0.6) is 0 Å². The van der Waals surface area contributed by atoms with Crippen molar-refractivity contribution in [2.45, 2.75) is 59.4 Å². The summed E-state index contributed by atoms with van der Waals surface area (Å²) in [5.74, 6) is 0.928. The molecule has 1 aromatic rings. The fourth-order valence-electron chi connectivity index (χ4n) is 2.41. The maximum absolute atomic E-state index is 11.3. The van der Waals surface area contributed by atoms with E-state index in [4.69, 9.17) is 0 Å². The van der Waals surface area contributed by atoms with Crippen molar-refractivity contribution in [2.75, 3.05) is 16.8 Å². The Hall–Kier alpha value is -1.95. The molecule has 5 nitrogen and oxygen atoms in total. The molecule has 0 saturated carbocycles. The van der Waals surface area contributed by atoms with Gasteiger partial charge in [0, 0.05) is 23.9 Å². The largest absolute Gasteiger partial charge is 0.480 e. The summed E-state index contributed by atoms with van der Waals surface area (Å²) in [4.78, 5) is 18.2. The van der Waals surface area contributed by atoms with E-state index in [1.807, 2.05) is 0 Å². The van der Waals surface area contributed by atoms with Crippen LogP contribution in [0.4, 0.5) is 5.95 Å². The van der Waals surface area contributed by atoms with Gasteiger partial charge in [-0.25, -0.2) is 9.78 Å². The lowest BCUT2D eigenvalue weighted by Crippen LogP contribution is -2.32. The summed E-state index contributed by atoms with van der Waals surface area (Å²) in [6, 6.07) is -0.652. The molecule has 1 heterocycles. The van der Waals surface area contributed by atoms with Gasteiger partial charge in [0.25, 0.3) is 0 Å². The first kappa shape index (κ1) is 23.1. The maximum atomic E-state index is 11.3. The third kappa shape index (κ3) is 11.4. The molecule has 1 aromatic heterocycles. The van der Waals surface area contributed by atoms with Crippen LogP contribution in [-0.2, 0) is 4.79 Å². The van der Waals surface area contributed by atoms with Gasteiger partial charge < -0.3 is 15.4 Å². The van der Waals surface area contributed by atoms with Gasteiger partial charge in [-0.15, -0.1) is 0 Å². The van der Waals surface area contributed by atoms with Crippen molar-refractivity contribution >= 4 is 23.7 Å². The number of imidazole rings is 1. The number of thioether (sulfide) groups is 1. The molecule has 0 aliphatic heterocycles. The van der Waals surface area contributed by atoms with E-state index in [0.717, 1.165) is 31.4 Å². The summed E-state index contributed by atoms with van der Waals surface area (Å²) < 4.78 is 0. The molecule has 1 atom stereocenters. The number of aromatic nitrogens is 2. The molecular formula is C21H33N3O2S. The summed E-state index contributed by atoms with van der Waals surface area (Å²) in [6.45, 7) is 8.61. The number of rotatable bonds is 13. The summed E-state index contributed by atoms with van der Waals surface area (Å²) in [6.07, 6.45) is 14.4. The second-order valence-electron chi connectivity index (χ2n) is 6.97. The van der Waals surface area contributed by atoms with Crippen molar-refractivity contribution < 1.29 is 9.90 Å². The third-order valence-corrected chi connectivity index (χ3v) is 5.04. The van der Waals surface area contributed by atoms with Gasteiger partial charge in [0.05, 0.1) is 0 Å². The zero-order valence-electron chi connectivity index (χ0n) is 16.9. The molecule has 0 saturated heterocycles. The minimum atomic E-state index is -0.867. The lowest BCUT2D eigenvalue weighted by molar-refractivity contribution is -0.137. The normalized spacial score (nSPS) is 13.3. The Morgan fingerprint density at radius 2 is 1.85 bits per heavy atom. The van der Waals surface area contributed by atoms with Crippen molar-refractivity contribution in [3.63, 3.8) is 0 Å². The van der Waals surface area contributed by atoms with E-state index in [1.54, 1.807) is 24.2 Å². The number of nitrogens with zero attached hydrogens (tertiary/aromatic N) is 1. The van der Waals surface area contributed by atoms with Crippen LogP contribution >= 0.6 is 11.8 Å². The van der Waals surface area contributed by atoms with Gasteiger partial charge in [-0.05, 0) is 53.4 Å². The zero-order valence-corrected chi connectivity index (χ0v) is 17.7. The fraction of sp³-hybridized carbons (Fsp3) is 0.524. The molecule has 0 bridgehead atoms. The van der Waals surface area contributed by atoms with Crippen LogP contribution < -0.4 is 5.32 Å². The molecule has 0 aliphatic rings. The molecule has 0 radical (unpaired) electrons. The summed E-state index contributed by atoms with van der Waals surface area (Å²) in [7, 11) is 0. The first-order valence-electron chi connectivity index (χ1n) is 9.39. The standard InChI is InChI=1S/C21H33N3O2S/c1-16(2)7-5-8-17(3)9-6-10-18(4)11-14-27-15-19(20(25)26)24-21-22-12-13-23-21/h7,9,11-13,19H,5-6,8,10,14-15H2,1-4H3,(H,25,26)(H2,22,23,24)/b17-9+,18-11+. The van der Waals surface area contributed by atoms with Crippen molar-refractivity contribution in [3.05, 3.63) is 47.3 Å². The molecule has 6 heteroatoms. The minimum absolute atomic E-state index is 0.487. The Morgan fingerprint density at radius 3 is 2.44 bits per heavy atom. The van der Waals surface area contributed by atoms with E-state index in [-0.39, 0.29) is 0 Å². The molecule has 27 heavy (non-hydrogen) atoms. The smallest absolute Gasteiger partial charge is 0.327 e. The average molecular weight is 392 g/mol. The van der Waals surface area contributed by atoms with E-state index >= 15 is 0 Å². The van der Waals surface area contributed by atoms with E-state index in [0.29, 0.717) is 11.7 Å². The van der Waals surface area contributed by atoms with Gasteiger partial charge in [-0.1, -0.05) is 34.9 Å². The van der Waals surface area contributed by atoms with Crippen LogP contribution in [0.2, 0.25) is 0 Å². The van der Waals surface area contributed by atoms with Crippen LogP contribution in [0.3, 0.4) is 0 Å². The Morgan fingerprint density at radius 1 is 1.19 bits per heavy atom. The zero-order chi connectivity index (χ0) is 20.1. The number of allylic oxidation sites excluding steroid dienone is 5. The van der Waals surface area contributed by atoms with Crippen LogP contribution in [-0.4, -0.2) is 38.6 Å². The molecule has 1 rings (SSSR count). The lowest BCUT2D eigenvalue weighted by Gasteiger charge is -2.12. The SMILES string of the molecule is CC(C)=CCC/C(C)=C/CC/C(C)=C/CSCC(Nc1ncc[nH]1)C(=O)O. The van der Waals surface area contributed by atoms with Gasteiger partial charge >= 0.3 is 5.97 Å². The molecule has 0 amide bonds.